The molecule has 0 aliphatic heterocycles. The zero-order chi connectivity index (χ0) is 15.2. The molecule has 0 amide bonds. The number of nitrogen functional groups attached to an aromatic ring is 1. The summed E-state index contributed by atoms with van der Waals surface area (Å²) in [6.45, 7) is 3.87. The van der Waals surface area contributed by atoms with Crippen LogP contribution in [0.2, 0.25) is 0 Å². The molecule has 2 fully saturated rings. The lowest BCUT2D eigenvalue weighted by atomic mass is 9.84. The standard InChI is InChI=1S/C16H24N2O2S/c1-10-3-6-14(9-16(10)17)21(19,20)18-11(2)15-8-12-4-5-13(15)7-12/h3,6,9,11-13,15,18H,4-5,7-8,17H2,1-2H3. The third kappa shape index (κ3) is 2.81. The number of benzene rings is 1. The second kappa shape index (κ2) is 5.29. The molecule has 2 aliphatic rings. The van der Waals surface area contributed by atoms with E-state index in [9.17, 15) is 8.42 Å². The Bertz CT molecular complexity index is 642. The van der Waals surface area contributed by atoms with Crippen LogP contribution in [0.25, 0.3) is 0 Å². The number of nitrogens with one attached hydrogen (secondary N) is 1. The minimum absolute atomic E-state index is 0.00664. The molecular formula is C16H24N2O2S. The molecule has 0 heterocycles. The molecule has 5 heteroatoms. The Morgan fingerprint density at radius 3 is 2.62 bits per heavy atom. The Balaban J connectivity index is 1.75. The van der Waals surface area contributed by atoms with E-state index in [-0.39, 0.29) is 10.9 Å². The lowest BCUT2D eigenvalue weighted by Gasteiger charge is -2.28. The maximum Gasteiger partial charge on any atom is 0.240 e. The van der Waals surface area contributed by atoms with Gasteiger partial charge in [-0.2, -0.15) is 0 Å². The van der Waals surface area contributed by atoms with Crippen LogP contribution in [0, 0.1) is 24.7 Å². The number of aryl methyl sites for hydroxylation is 1. The number of hydrogen-bond acceptors (Lipinski definition) is 3. The first-order valence-electron chi connectivity index (χ1n) is 7.75. The fraction of sp³-hybridized carbons (Fsp3) is 0.625. The van der Waals surface area contributed by atoms with Gasteiger partial charge in [-0.1, -0.05) is 12.5 Å². The average molecular weight is 308 g/mol. The molecule has 1 aromatic carbocycles. The summed E-state index contributed by atoms with van der Waals surface area (Å²) in [5, 5.41) is 0. The van der Waals surface area contributed by atoms with E-state index in [0.717, 1.165) is 11.5 Å². The Labute approximate surface area is 127 Å². The topological polar surface area (TPSA) is 72.2 Å². The molecule has 2 saturated carbocycles. The van der Waals surface area contributed by atoms with Crippen LogP contribution in [0.5, 0.6) is 0 Å². The number of rotatable bonds is 4. The highest BCUT2D eigenvalue weighted by atomic mass is 32.2. The van der Waals surface area contributed by atoms with E-state index in [0.29, 0.717) is 17.5 Å². The van der Waals surface area contributed by atoms with Crippen LogP contribution in [-0.2, 0) is 10.0 Å². The molecule has 4 atom stereocenters. The van der Waals surface area contributed by atoms with Crippen molar-refractivity contribution in [3.05, 3.63) is 23.8 Å². The minimum Gasteiger partial charge on any atom is -0.398 e. The summed E-state index contributed by atoms with van der Waals surface area (Å²) in [4.78, 5) is 0.264. The Morgan fingerprint density at radius 2 is 2.05 bits per heavy atom. The zero-order valence-corrected chi connectivity index (χ0v) is 13.5. The summed E-state index contributed by atoms with van der Waals surface area (Å²) < 4.78 is 27.9. The smallest absolute Gasteiger partial charge is 0.240 e. The van der Waals surface area contributed by atoms with Gasteiger partial charge in [0.05, 0.1) is 4.90 Å². The fourth-order valence-corrected chi connectivity index (χ4v) is 5.42. The largest absolute Gasteiger partial charge is 0.398 e. The predicted octanol–water partition coefficient (Wildman–Crippen LogP) is 2.68. The van der Waals surface area contributed by atoms with E-state index >= 15 is 0 Å². The van der Waals surface area contributed by atoms with Crippen LogP contribution in [0.15, 0.2) is 23.1 Å². The monoisotopic (exact) mass is 308 g/mol. The van der Waals surface area contributed by atoms with Crippen molar-refractivity contribution >= 4 is 15.7 Å². The lowest BCUT2D eigenvalue weighted by Crippen LogP contribution is -2.40. The summed E-state index contributed by atoms with van der Waals surface area (Å²) >= 11 is 0. The molecule has 1 aromatic rings. The minimum atomic E-state index is -3.48. The molecule has 0 saturated heterocycles. The van der Waals surface area contributed by atoms with Crippen molar-refractivity contribution in [2.75, 3.05) is 5.73 Å². The van der Waals surface area contributed by atoms with Crippen LogP contribution in [0.1, 0.15) is 38.2 Å². The van der Waals surface area contributed by atoms with Crippen LogP contribution in [0.3, 0.4) is 0 Å². The van der Waals surface area contributed by atoms with Crippen LogP contribution < -0.4 is 10.5 Å². The van der Waals surface area contributed by atoms with Crippen molar-refractivity contribution in [1.82, 2.24) is 4.72 Å². The normalized spacial score (nSPS) is 29.7. The summed E-state index contributed by atoms with van der Waals surface area (Å²) in [7, 11) is -3.48. The molecule has 2 aliphatic carbocycles. The highest BCUT2D eigenvalue weighted by Gasteiger charge is 2.42. The summed E-state index contributed by atoms with van der Waals surface area (Å²) in [5.74, 6) is 2.01. The number of anilines is 1. The predicted molar refractivity (Wildman–Crippen MR) is 84.3 cm³/mol. The molecule has 0 spiro atoms. The highest BCUT2D eigenvalue weighted by molar-refractivity contribution is 7.89. The van der Waals surface area contributed by atoms with E-state index in [1.807, 2.05) is 13.8 Å². The van der Waals surface area contributed by atoms with Gasteiger partial charge < -0.3 is 5.73 Å². The van der Waals surface area contributed by atoms with Crippen LogP contribution in [0.4, 0.5) is 5.69 Å². The number of nitrogens with two attached hydrogens (primary N) is 1. The van der Waals surface area contributed by atoms with E-state index in [2.05, 4.69) is 4.72 Å². The van der Waals surface area contributed by atoms with Gasteiger partial charge in [0.25, 0.3) is 0 Å². The quantitative estimate of drug-likeness (QED) is 0.840. The van der Waals surface area contributed by atoms with Crippen molar-refractivity contribution in [3.8, 4) is 0 Å². The van der Waals surface area contributed by atoms with E-state index in [1.165, 1.54) is 25.7 Å². The Hall–Kier alpha value is -1.07. The number of fused-ring (bicyclic) bond motifs is 2. The first-order valence-corrected chi connectivity index (χ1v) is 9.23. The molecular weight excluding hydrogens is 284 g/mol. The first kappa shape index (κ1) is 14.9. The van der Waals surface area contributed by atoms with Gasteiger partial charge in [0.1, 0.15) is 0 Å². The van der Waals surface area contributed by atoms with Gasteiger partial charge in [-0.15, -0.1) is 0 Å². The lowest BCUT2D eigenvalue weighted by molar-refractivity contribution is 0.280. The maximum absolute atomic E-state index is 12.5. The van der Waals surface area contributed by atoms with Crippen LogP contribution >= 0.6 is 0 Å². The molecule has 21 heavy (non-hydrogen) atoms. The van der Waals surface area contributed by atoms with Crippen molar-refractivity contribution in [2.24, 2.45) is 17.8 Å². The molecule has 0 aromatic heterocycles. The van der Waals surface area contributed by atoms with Crippen molar-refractivity contribution in [3.63, 3.8) is 0 Å². The third-order valence-electron chi connectivity index (χ3n) is 5.34. The average Bonchev–Trinajstić information content (AvgIpc) is 3.03. The van der Waals surface area contributed by atoms with Gasteiger partial charge >= 0.3 is 0 Å². The SMILES string of the molecule is Cc1ccc(S(=O)(=O)NC(C)C2CC3CCC2C3)cc1N. The van der Waals surface area contributed by atoms with Crippen LogP contribution in [-0.4, -0.2) is 14.5 Å². The van der Waals surface area contributed by atoms with Crippen molar-refractivity contribution in [1.29, 1.82) is 0 Å². The molecule has 4 nitrogen and oxygen atoms in total. The van der Waals surface area contributed by atoms with Gasteiger partial charge in [0, 0.05) is 11.7 Å². The molecule has 2 bridgehead atoms. The summed E-state index contributed by atoms with van der Waals surface area (Å²) in [5.41, 5.74) is 7.24. The second-order valence-electron chi connectivity index (χ2n) is 6.77. The third-order valence-corrected chi connectivity index (χ3v) is 6.89. The summed E-state index contributed by atoms with van der Waals surface area (Å²) in [6, 6.07) is 4.92. The number of sulfonamides is 1. The highest BCUT2D eigenvalue weighted by Crippen LogP contribution is 2.49. The first-order chi connectivity index (χ1) is 9.87. The Kier molecular flexibility index (Phi) is 3.74. The van der Waals surface area contributed by atoms with Gasteiger partial charge in [-0.3, -0.25) is 0 Å². The molecule has 3 rings (SSSR count). The molecule has 116 valence electrons. The Morgan fingerprint density at radius 1 is 1.29 bits per heavy atom. The van der Waals surface area contributed by atoms with Crippen molar-refractivity contribution < 1.29 is 8.42 Å². The molecule has 4 unspecified atom stereocenters. The van der Waals surface area contributed by atoms with E-state index in [1.54, 1.807) is 18.2 Å². The van der Waals surface area contributed by atoms with Gasteiger partial charge in [-0.25, -0.2) is 13.1 Å². The number of hydrogen-bond donors (Lipinski definition) is 2. The summed E-state index contributed by atoms with van der Waals surface area (Å²) in [6.07, 6.45) is 5.05. The van der Waals surface area contributed by atoms with E-state index < -0.39 is 10.0 Å². The second-order valence-corrected chi connectivity index (χ2v) is 8.48. The van der Waals surface area contributed by atoms with E-state index in [4.69, 9.17) is 5.73 Å². The zero-order valence-electron chi connectivity index (χ0n) is 12.7. The van der Waals surface area contributed by atoms with Crippen molar-refractivity contribution in [2.45, 2.75) is 50.5 Å². The molecule has 3 N–H and O–H groups in total. The fourth-order valence-electron chi connectivity index (χ4n) is 4.09. The van der Waals surface area contributed by atoms with Gasteiger partial charge in [-0.05, 0) is 68.6 Å². The maximum atomic E-state index is 12.5. The van der Waals surface area contributed by atoms with Gasteiger partial charge in [0.2, 0.25) is 10.0 Å². The van der Waals surface area contributed by atoms with Gasteiger partial charge in [0.15, 0.2) is 0 Å². The molecule has 0 radical (unpaired) electrons.